The monoisotopic (exact) mass is 298 g/mol. The highest BCUT2D eigenvalue weighted by atomic mass is 15.2. The number of hydrogen-bond donors (Lipinski definition) is 1. The Bertz CT molecular complexity index is 581. The average Bonchev–Trinajstić information content (AvgIpc) is 2.51. The third-order valence-corrected chi connectivity index (χ3v) is 3.73. The molecule has 1 N–H and O–H groups in total. The number of nitrogens with one attached hydrogen (secondary N) is 1. The molecule has 0 radical (unpaired) electrons. The number of nitrogens with zero attached hydrogens (tertiary/aromatic N) is 3. The Labute approximate surface area is 133 Å². The van der Waals surface area contributed by atoms with E-state index in [2.05, 4.69) is 71.4 Å². The predicted octanol–water partition coefficient (Wildman–Crippen LogP) is 4.13. The van der Waals surface area contributed by atoms with E-state index >= 15 is 0 Å². The summed E-state index contributed by atoms with van der Waals surface area (Å²) in [5.41, 5.74) is 1.37. The van der Waals surface area contributed by atoms with Crippen molar-refractivity contribution in [3.8, 4) is 0 Å². The molecule has 0 fully saturated rings. The van der Waals surface area contributed by atoms with Crippen LogP contribution in [0.1, 0.15) is 56.7 Å². The van der Waals surface area contributed by atoms with Gasteiger partial charge in [0.1, 0.15) is 11.6 Å². The summed E-state index contributed by atoms with van der Waals surface area (Å²) in [6, 6.07) is 11.0. The number of hydrogen-bond acceptors (Lipinski definition) is 4. The second-order valence-electron chi connectivity index (χ2n) is 5.99. The fourth-order valence-corrected chi connectivity index (χ4v) is 2.37. The summed E-state index contributed by atoms with van der Waals surface area (Å²) in [7, 11) is 0. The third kappa shape index (κ3) is 4.79. The molecule has 22 heavy (non-hydrogen) atoms. The molecule has 1 aromatic heterocycles. The van der Waals surface area contributed by atoms with Gasteiger partial charge < -0.3 is 5.32 Å². The first-order chi connectivity index (χ1) is 10.6. The Morgan fingerprint density at radius 2 is 1.77 bits per heavy atom. The Hall–Kier alpha value is -1.97. The molecule has 2 rings (SSSR count). The van der Waals surface area contributed by atoms with Crippen LogP contribution >= 0.6 is 0 Å². The quantitative estimate of drug-likeness (QED) is 0.835. The predicted molar refractivity (Wildman–Crippen MR) is 91.1 cm³/mol. The van der Waals surface area contributed by atoms with E-state index in [4.69, 9.17) is 0 Å². The van der Waals surface area contributed by atoms with Crippen LogP contribution in [-0.4, -0.2) is 21.0 Å². The smallest absolute Gasteiger partial charge is 0.226 e. The van der Waals surface area contributed by atoms with Gasteiger partial charge in [0.05, 0.1) is 0 Å². The van der Waals surface area contributed by atoms with Crippen LogP contribution in [0.25, 0.3) is 0 Å². The summed E-state index contributed by atoms with van der Waals surface area (Å²) in [6.07, 6.45) is 3.18. The van der Waals surface area contributed by atoms with Crippen molar-refractivity contribution in [1.82, 2.24) is 15.0 Å². The minimum Gasteiger partial charge on any atom is -0.351 e. The number of anilines is 1. The molecule has 4 heteroatoms. The summed E-state index contributed by atoms with van der Waals surface area (Å²) in [6.45, 7) is 8.32. The number of aryl methyl sites for hydroxylation is 2. The van der Waals surface area contributed by atoms with Crippen molar-refractivity contribution in [2.24, 2.45) is 0 Å². The molecule has 0 aliphatic rings. The van der Waals surface area contributed by atoms with Crippen molar-refractivity contribution in [2.45, 2.75) is 58.9 Å². The van der Waals surface area contributed by atoms with Gasteiger partial charge in [0.25, 0.3) is 0 Å². The van der Waals surface area contributed by atoms with Gasteiger partial charge in [-0.3, -0.25) is 0 Å². The van der Waals surface area contributed by atoms with E-state index in [0.717, 1.165) is 30.9 Å². The van der Waals surface area contributed by atoms with Gasteiger partial charge in [-0.05, 0) is 31.7 Å². The molecule has 118 valence electrons. The van der Waals surface area contributed by atoms with Gasteiger partial charge in [0.2, 0.25) is 5.95 Å². The molecule has 1 atom stereocenters. The first-order valence-electron chi connectivity index (χ1n) is 8.11. The lowest BCUT2D eigenvalue weighted by molar-refractivity contribution is 0.623. The van der Waals surface area contributed by atoms with Crippen LogP contribution in [0.4, 0.5) is 5.95 Å². The van der Waals surface area contributed by atoms with Gasteiger partial charge in [-0.15, -0.1) is 0 Å². The molecule has 0 saturated carbocycles. The van der Waals surface area contributed by atoms with Crippen molar-refractivity contribution in [1.29, 1.82) is 0 Å². The first kappa shape index (κ1) is 16.4. The molecular formula is C18H26N4. The van der Waals surface area contributed by atoms with Crippen molar-refractivity contribution in [2.75, 3.05) is 5.32 Å². The van der Waals surface area contributed by atoms with E-state index in [-0.39, 0.29) is 0 Å². The summed E-state index contributed by atoms with van der Waals surface area (Å²) >= 11 is 0. The number of rotatable bonds is 7. The van der Waals surface area contributed by atoms with Gasteiger partial charge in [0.15, 0.2) is 0 Å². The first-order valence-corrected chi connectivity index (χ1v) is 8.11. The average molecular weight is 298 g/mol. The zero-order chi connectivity index (χ0) is 15.9. The van der Waals surface area contributed by atoms with Crippen LogP contribution < -0.4 is 5.32 Å². The SMILES string of the molecule is CCC(CCc1ccccc1)Nc1nc(C)nc(C(C)C)n1. The second kappa shape index (κ2) is 7.87. The molecule has 1 heterocycles. The highest BCUT2D eigenvalue weighted by Gasteiger charge is 2.11. The van der Waals surface area contributed by atoms with Crippen LogP contribution in [0.3, 0.4) is 0 Å². The highest BCUT2D eigenvalue weighted by Crippen LogP contribution is 2.14. The minimum absolute atomic E-state index is 0.312. The van der Waals surface area contributed by atoms with E-state index in [0.29, 0.717) is 17.9 Å². The van der Waals surface area contributed by atoms with E-state index in [1.165, 1.54) is 5.56 Å². The van der Waals surface area contributed by atoms with Crippen molar-refractivity contribution in [3.63, 3.8) is 0 Å². The minimum atomic E-state index is 0.312. The Balaban J connectivity index is 2.00. The maximum absolute atomic E-state index is 4.54. The molecule has 0 aliphatic carbocycles. The normalized spacial score (nSPS) is 12.4. The van der Waals surface area contributed by atoms with Gasteiger partial charge in [-0.2, -0.15) is 9.97 Å². The summed E-state index contributed by atoms with van der Waals surface area (Å²) in [4.78, 5) is 13.4. The summed E-state index contributed by atoms with van der Waals surface area (Å²) in [5.74, 6) is 2.65. The molecule has 0 amide bonds. The van der Waals surface area contributed by atoms with Crippen LogP contribution in [0.15, 0.2) is 30.3 Å². The van der Waals surface area contributed by atoms with Gasteiger partial charge in [0, 0.05) is 12.0 Å². The fourth-order valence-electron chi connectivity index (χ4n) is 2.37. The maximum Gasteiger partial charge on any atom is 0.226 e. The molecule has 0 saturated heterocycles. The molecule has 0 bridgehead atoms. The fraction of sp³-hybridized carbons (Fsp3) is 0.500. The van der Waals surface area contributed by atoms with Crippen molar-refractivity contribution < 1.29 is 0 Å². The third-order valence-electron chi connectivity index (χ3n) is 3.73. The van der Waals surface area contributed by atoms with Crippen molar-refractivity contribution in [3.05, 3.63) is 47.5 Å². The van der Waals surface area contributed by atoms with Gasteiger partial charge >= 0.3 is 0 Å². The number of aromatic nitrogens is 3. The van der Waals surface area contributed by atoms with Crippen LogP contribution in [0.5, 0.6) is 0 Å². The van der Waals surface area contributed by atoms with E-state index in [1.807, 2.05) is 6.92 Å². The standard InChI is InChI=1S/C18H26N4/c1-5-16(12-11-15-9-7-6-8-10-15)21-18-20-14(4)19-17(22-18)13(2)3/h6-10,13,16H,5,11-12H2,1-4H3,(H,19,20,21,22). The van der Waals surface area contributed by atoms with E-state index in [1.54, 1.807) is 0 Å². The lowest BCUT2D eigenvalue weighted by atomic mass is 10.0. The van der Waals surface area contributed by atoms with Crippen LogP contribution in [-0.2, 0) is 6.42 Å². The Kier molecular flexibility index (Phi) is 5.87. The molecule has 0 aliphatic heterocycles. The van der Waals surface area contributed by atoms with Crippen LogP contribution in [0, 0.1) is 6.92 Å². The van der Waals surface area contributed by atoms with E-state index < -0.39 is 0 Å². The molecule has 4 nitrogen and oxygen atoms in total. The lowest BCUT2D eigenvalue weighted by Gasteiger charge is -2.18. The van der Waals surface area contributed by atoms with Crippen molar-refractivity contribution >= 4 is 5.95 Å². The maximum atomic E-state index is 4.54. The zero-order valence-electron chi connectivity index (χ0n) is 14.0. The molecule has 2 aromatic rings. The number of benzene rings is 1. The topological polar surface area (TPSA) is 50.7 Å². The Morgan fingerprint density at radius 1 is 1.05 bits per heavy atom. The molecular weight excluding hydrogens is 272 g/mol. The summed E-state index contributed by atoms with van der Waals surface area (Å²) in [5, 5.41) is 3.47. The second-order valence-corrected chi connectivity index (χ2v) is 5.99. The Morgan fingerprint density at radius 3 is 2.41 bits per heavy atom. The van der Waals surface area contributed by atoms with Gasteiger partial charge in [-0.25, -0.2) is 4.98 Å². The molecule has 0 spiro atoms. The molecule has 1 unspecified atom stereocenters. The van der Waals surface area contributed by atoms with Crippen LogP contribution in [0.2, 0.25) is 0 Å². The highest BCUT2D eigenvalue weighted by molar-refractivity contribution is 5.27. The molecule has 1 aromatic carbocycles. The largest absolute Gasteiger partial charge is 0.351 e. The zero-order valence-corrected chi connectivity index (χ0v) is 14.0. The summed E-state index contributed by atoms with van der Waals surface area (Å²) < 4.78 is 0. The lowest BCUT2D eigenvalue weighted by Crippen LogP contribution is -2.22. The van der Waals surface area contributed by atoms with Gasteiger partial charge in [-0.1, -0.05) is 51.1 Å². The van der Waals surface area contributed by atoms with E-state index in [9.17, 15) is 0 Å².